The van der Waals surface area contributed by atoms with Gasteiger partial charge in [0.05, 0.1) is 5.69 Å². The van der Waals surface area contributed by atoms with Gasteiger partial charge in [-0.05, 0) is 18.6 Å². The predicted molar refractivity (Wildman–Crippen MR) is 75.3 cm³/mol. The quantitative estimate of drug-likeness (QED) is 0.886. The molecular formula is C15H17N3O2. The van der Waals surface area contributed by atoms with Crippen molar-refractivity contribution in [2.45, 2.75) is 25.4 Å². The van der Waals surface area contributed by atoms with Crippen LogP contribution in [0.3, 0.4) is 0 Å². The Hall–Kier alpha value is -2.14. The first-order valence-electron chi connectivity index (χ1n) is 6.69. The summed E-state index contributed by atoms with van der Waals surface area (Å²) in [6.07, 6.45) is 1.05. The van der Waals surface area contributed by atoms with Gasteiger partial charge < -0.3 is 10.4 Å². The third-order valence-electron chi connectivity index (χ3n) is 3.82. The SMILES string of the molecule is CCc1cc(CC2(O)C(=O)Nc3ccccc32)n(C)n1. The van der Waals surface area contributed by atoms with Crippen LogP contribution in [-0.2, 0) is 30.3 Å². The first kappa shape index (κ1) is 12.9. The highest BCUT2D eigenvalue weighted by atomic mass is 16.3. The van der Waals surface area contributed by atoms with Gasteiger partial charge in [0.15, 0.2) is 5.60 Å². The van der Waals surface area contributed by atoms with E-state index < -0.39 is 5.60 Å². The maximum absolute atomic E-state index is 12.2. The number of nitrogens with zero attached hydrogens (tertiary/aromatic N) is 2. The molecule has 0 radical (unpaired) electrons. The standard InChI is InChI=1S/C15H17N3O2/c1-3-10-8-11(18(2)17-10)9-15(20)12-6-4-5-7-13(12)16-14(15)19/h4-8,20H,3,9H2,1-2H3,(H,16,19). The van der Waals surface area contributed by atoms with E-state index in [2.05, 4.69) is 10.4 Å². The van der Waals surface area contributed by atoms with Crippen LogP contribution in [-0.4, -0.2) is 20.8 Å². The van der Waals surface area contributed by atoms with Gasteiger partial charge in [0.25, 0.3) is 5.91 Å². The molecule has 0 saturated carbocycles. The molecule has 1 unspecified atom stereocenters. The summed E-state index contributed by atoms with van der Waals surface area (Å²) >= 11 is 0. The predicted octanol–water partition coefficient (Wildman–Crippen LogP) is 1.36. The van der Waals surface area contributed by atoms with Crippen LogP contribution in [0.2, 0.25) is 0 Å². The molecule has 2 N–H and O–H groups in total. The van der Waals surface area contributed by atoms with Crippen LogP contribution in [0.5, 0.6) is 0 Å². The molecule has 2 heterocycles. The first-order chi connectivity index (χ1) is 9.54. The fourth-order valence-corrected chi connectivity index (χ4v) is 2.65. The number of aryl methyl sites for hydroxylation is 2. The highest BCUT2D eigenvalue weighted by Gasteiger charge is 2.45. The number of nitrogens with one attached hydrogen (secondary N) is 1. The molecular weight excluding hydrogens is 254 g/mol. The number of aromatic nitrogens is 2. The Morgan fingerprint density at radius 1 is 1.40 bits per heavy atom. The largest absolute Gasteiger partial charge is 0.375 e. The second kappa shape index (κ2) is 4.45. The Morgan fingerprint density at radius 3 is 2.85 bits per heavy atom. The molecule has 1 atom stereocenters. The molecule has 1 aromatic heterocycles. The van der Waals surface area contributed by atoms with Crippen LogP contribution >= 0.6 is 0 Å². The average Bonchev–Trinajstić information content (AvgIpc) is 2.90. The summed E-state index contributed by atoms with van der Waals surface area (Å²) in [5.41, 5.74) is 1.59. The Balaban J connectivity index is 2.00. The lowest BCUT2D eigenvalue weighted by atomic mass is 9.90. The number of hydrogen-bond donors (Lipinski definition) is 2. The zero-order valence-electron chi connectivity index (χ0n) is 11.6. The zero-order valence-corrected chi connectivity index (χ0v) is 11.6. The van der Waals surface area contributed by atoms with E-state index in [1.54, 1.807) is 16.8 Å². The fourth-order valence-electron chi connectivity index (χ4n) is 2.65. The lowest BCUT2D eigenvalue weighted by Crippen LogP contribution is -2.37. The van der Waals surface area contributed by atoms with Gasteiger partial charge in [0, 0.05) is 30.4 Å². The number of para-hydroxylation sites is 1. The molecule has 0 bridgehead atoms. The van der Waals surface area contributed by atoms with Gasteiger partial charge in [-0.1, -0.05) is 25.1 Å². The van der Waals surface area contributed by atoms with Crippen LogP contribution in [0, 0.1) is 0 Å². The third kappa shape index (κ3) is 1.82. The van der Waals surface area contributed by atoms with E-state index in [1.165, 1.54) is 0 Å². The summed E-state index contributed by atoms with van der Waals surface area (Å²) in [4.78, 5) is 12.2. The van der Waals surface area contributed by atoms with Gasteiger partial charge in [-0.25, -0.2) is 0 Å². The van der Waals surface area contributed by atoms with E-state index in [0.717, 1.165) is 17.8 Å². The molecule has 20 heavy (non-hydrogen) atoms. The van der Waals surface area contributed by atoms with Gasteiger partial charge in [-0.2, -0.15) is 5.10 Å². The van der Waals surface area contributed by atoms with Gasteiger partial charge >= 0.3 is 0 Å². The maximum atomic E-state index is 12.2. The van der Waals surface area contributed by atoms with Gasteiger partial charge in [-0.3, -0.25) is 9.48 Å². The third-order valence-corrected chi connectivity index (χ3v) is 3.82. The second-order valence-corrected chi connectivity index (χ2v) is 5.14. The molecule has 1 aliphatic rings. The van der Waals surface area contributed by atoms with Crippen molar-refractivity contribution in [1.29, 1.82) is 0 Å². The van der Waals surface area contributed by atoms with Crippen molar-refractivity contribution in [3.05, 3.63) is 47.3 Å². The van der Waals surface area contributed by atoms with Crippen molar-refractivity contribution in [2.75, 3.05) is 5.32 Å². The summed E-state index contributed by atoms with van der Waals surface area (Å²) in [6, 6.07) is 9.18. The van der Waals surface area contributed by atoms with Crippen LogP contribution < -0.4 is 5.32 Å². The highest BCUT2D eigenvalue weighted by molar-refractivity contribution is 6.05. The molecule has 0 fully saturated rings. The number of carbonyl (C=O) groups is 1. The molecule has 104 valence electrons. The van der Waals surface area contributed by atoms with Gasteiger partial charge in [-0.15, -0.1) is 0 Å². The fraction of sp³-hybridized carbons (Fsp3) is 0.333. The monoisotopic (exact) mass is 271 g/mol. The topological polar surface area (TPSA) is 67.2 Å². The molecule has 0 spiro atoms. The Kier molecular flexibility index (Phi) is 2.87. The normalized spacial score (nSPS) is 20.9. The minimum absolute atomic E-state index is 0.222. The van der Waals surface area contributed by atoms with Crippen LogP contribution in [0.15, 0.2) is 30.3 Å². The molecule has 0 saturated heterocycles. The Morgan fingerprint density at radius 2 is 2.15 bits per heavy atom. The van der Waals surface area contributed by atoms with Crippen LogP contribution in [0.1, 0.15) is 23.9 Å². The number of rotatable bonds is 3. The lowest BCUT2D eigenvalue weighted by Gasteiger charge is -2.20. The van der Waals surface area contributed by atoms with Crippen molar-refractivity contribution in [2.24, 2.45) is 7.05 Å². The number of benzene rings is 1. The van der Waals surface area contributed by atoms with Gasteiger partial charge in [0.1, 0.15) is 0 Å². The van der Waals surface area contributed by atoms with E-state index in [1.807, 2.05) is 32.2 Å². The minimum atomic E-state index is -1.52. The molecule has 5 heteroatoms. The van der Waals surface area contributed by atoms with Crippen LogP contribution in [0.25, 0.3) is 0 Å². The van der Waals surface area contributed by atoms with E-state index in [4.69, 9.17) is 0 Å². The van der Waals surface area contributed by atoms with Crippen molar-refractivity contribution in [1.82, 2.24) is 9.78 Å². The van der Waals surface area contributed by atoms with Crippen molar-refractivity contribution >= 4 is 11.6 Å². The summed E-state index contributed by atoms with van der Waals surface area (Å²) in [7, 11) is 1.83. The molecule has 0 aliphatic carbocycles. The van der Waals surface area contributed by atoms with Crippen molar-refractivity contribution < 1.29 is 9.90 Å². The number of fused-ring (bicyclic) bond motifs is 1. The maximum Gasteiger partial charge on any atom is 0.261 e. The molecule has 3 rings (SSSR count). The molecule has 5 nitrogen and oxygen atoms in total. The molecule has 1 amide bonds. The highest BCUT2D eigenvalue weighted by Crippen LogP contribution is 2.38. The van der Waals surface area contributed by atoms with E-state index in [9.17, 15) is 9.90 Å². The van der Waals surface area contributed by atoms with Crippen molar-refractivity contribution in [3.63, 3.8) is 0 Å². The minimum Gasteiger partial charge on any atom is -0.375 e. The number of carbonyl (C=O) groups excluding carboxylic acids is 1. The number of aliphatic hydroxyl groups is 1. The number of anilines is 1. The Bertz CT molecular complexity index is 678. The lowest BCUT2D eigenvalue weighted by molar-refractivity contribution is -0.133. The molecule has 1 aromatic carbocycles. The summed E-state index contributed by atoms with van der Waals surface area (Å²) in [6.45, 7) is 2.03. The van der Waals surface area contributed by atoms with E-state index in [0.29, 0.717) is 11.3 Å². The van der Waals surface area contributed by atoms with E-state index >= 15 is 0 Å². The molecule has 1 aliphatic heterocycles. The summed E-state index contributed by atoms with van der Waals surface area (Å²) in [5.74, 6) is -0.377. The first-order valence-corrected chi connectivity index (χ1v) is 6.69. The van der Waals surface area contributed by atoms with E-state index in [-0.39, 0.29) is 12.3 Å². The van der Waals surface area contributed by atoms with Gasteiger partial charge in [0.2, 0.25) is 0 Å². The average molecular weight is 271 g/mol. The summed E-state index contributed by atoms with van der Waals surface area (Å²) in [5, 5.41) is 17.9. The number of amides is 1. The van der Waals surface area contributed by atoms with Crippen molar-refractivity contribution in [3.8, 4) is 0 Å². The number of hydrogen-bond acceptors (Lipinski definition) is 3. The second-order valence-electron chi connectivity index (χ2n) is 5.14. The molecule has 2 aromatic rings. The van der Waals surface area contributed by atoms with Crippen LogP contribution in [0.4, 0.5) is 5.69 Å². The Labute approximate surface area is 117 Å². The summed E-state index contributed by atoms with van der Waals surface area (Å²) < 4.78 is 1.73. The smallest absolute Gasteiger partial charge is 0.261 e. The zero-order chi connectivity index (χ0) is 14.3.